The van der Waals surface area contributed by atoms with E-state index in [9.17, 15) is 14.6 Å². The highest BCUT2D eigenvalue weighted by molar-refractivity contribution is 7.47. The first-order valence-corrected chi connectivity index (χ1v) is 11.0. The molecule has 2 aromatic rings. The first-order chi connectivity index (χ1) is 14.2. The Labute approximate surface area is 174 Å². The minimum absolute atomic E-state index is 0.144. The van der Waals surface area contributed by atoms with E-state index < -0.39 is 20.2 Å². The van der Waals surface area contributed by atoms with Crippen molar-refractivity contribution in [2.45, 2.75) is 39.7 Å². The number of phosphoric acid groups is 1. The maximum Gasteiger partial charge on any atom is 0.474 e. The summed E-state index contributed by atoms with van der Waals surface area (Å²) in [5.41, 5.74) is 6.61. The van der Waals surface area contributed by atoms with Crippen molar-refractivity contribution in [3.05, 3.63) is 24.5 Å². The summed E-state index contributed by atoms with van der Waals surface area (Å²) in [4.78, 5) is 23.6. The van der Waals surface area contributed by atoms with Gasteiger partial charge in [-0.15, -0.1) is 0 Å². The second-order valence-corrected chi connectivity index (χ2v) is 7.80. The van der Waals surface area contributed by atoms with Gasteiger partial charge in [-0.05, 0) is 19.6 Å². The van der Waals surface area contributed by atoms with Crippen LogP contribution in [0.25, 0.3) is 11.2 Å². The smallest absolute Gasteiger partial charge is 0.474 e. The molecule has 13 heteroatoms. The van der Waals surface area contributed by atoms with E-state index in [4.69, 9.17) is 15.0 Å². The van der Waals surface area contributed by atoms with Crippen molar-refractivity contribution in [2.75, 3.05) is 32.5 Å². The highest BCUT2D eigenvalue weighted by atomic mass is 31.2. The monoisotopic (exact) mass is 444 g/mol. The molecule has 0 fully saturated rings. The molecule has 30 heavy (non-hydrogen) atoms. The zero-order valence-electron chi connectivity index (χ0n) is 17.5. The molecular formula is C17H29N6O6P. The van der Waals surface area contributed by atoms with Gasteiger partial charge in [-0.3, -0.25) is 9.05 Å². The minimum atomic E-state index is -4.23. The Morgan fingerprint density at radius 2 is 1.93 bits per heavy atom. The van der Waals surface area contributed by atoms with Gasteiger partial charge in [0.1, 0.15) is 23.7 Å². The van der Waals surface area contributed by atoms with E-state index in [0.29, 0.717) is 11.2 Å². The zero-order valence-corrected chi connectivity index (χ0v) is 18.4. The van der Waals surface area contributed by atoms with Gasteiger partial charge < -0.3 is 29.9 Å². The molecule has 3 rings (SSSR count). The molecule has 3 heterocycles. The number of hydrogen-bond acceptors (Lipinski definition) is 10. The van der Waals surface area contributed by atoms with Crippen LogP contribution in [0.1, 0.15) is 20.8 Å². The summed E-state index contributed by atoms with van der Waals surface area (Å²) in [6.07, 6.45) is 1.95. The lowest BCUT2D eigenvalue weighted by Crippen LogP contribution is -2.21. The molecule has 4 N–H and O–H groups in total. The lowest BCUT2D eigenvalue weighted by Gasteiger charge is -2.17. The maximum absolute atomic E-state index is 11.4. The van der Waals surface area contributed by atoms with Crippen molar-refractivity contribution in [3.8, 4) is 0 Å². The van der Waals surface area contributed by atoms with E-state index in [-0.39, 0.29) is 18.1 Å². The molecule has 0 aliphatic carbocycles. The molecule has 1 aliphatic rings. The Balaban J connectivity index is 0.000000396. The van der Waals surface area contributed by atoms with Crippen LogP contribution in [-0.2, 0) is 24.9 Å². The second kappa shape index (κ2) is 10.8. The standard InChI is InChI=1S/C11H14N5O6P.C6H15N/c1-20-23(18,19)22-8-2-6(17)7(21-8)3-16-5-15-9-10(12)13-4-14-11(9)16;1-4-7(5-2)6-3/h2,4-5,7-8,17H,3H2,1H3,(H,18,19)(H2,12,13,14);4-6H2,1-3H3/t7-,8+;/m1./s1. The number of nitrogen functional groups attached to an aromatic ring is 1. The zero-order chi connectivity index (χ0) is 22.3. The first kappa shape index (κ1) is 24.2. The SMILES string of the molecule is CCN(CC)CC.COP(=O)(O)O[C@H]1C=C(O)[C@@H](Cn2cnc3c(N)ncnc32)O1. The van der Waals surface area contributed by atoms with E-state index >= 15 is 0 Å². The summed E-state index contributed by atoms with van der Waals surface area (Å²) in [5.74, 6) is 0.0957. The van der Waals surface area contributed by atoms with E-state index in [1.54, 1.807) is 4.57 Å². The van der Waals surface area contributed by atoms with Gasteiger partial charge in [0.25, 0.3) is 0 Å². The van der Waals surface area contributed by atoms with Crippen LogP contribution in [0.4, 0.5) is 5.82 Å². The molecule has 0 saturated carbocycles. The molecule has 2 aromatic heterocycles. The molecular weight excluding hydrogens is 415 g/mol. The van der Waals surface area contributed by atoms with Crippen molar-refractivity contribution < 1.29 is 28.3 Å². The lowest BCUT2D eigenvalue weighted by molar-refractivity contribution is -0.0809. The average molecular weight is 444 g/mol. The number of ether oxygens (including phenoxy) is 1. The summed E-state index contributed by atoms with van der Waals surface area (Å²) in [6.45, 7) is 10.3. The number of hydrogen-bond donors (Lipinski definition) is 3. The number of nitrogens with two attached hydrogens (primary N) is 1. The summed E-state index contributed by atoms with van der Waals surface area (Å²) in [7, 11) is -3.20. The molecule has 0 saturated heterocycles. The Kier molecular flexibility index (Phi) is 8.71. The Morgan fingerprint density at radius 3 is 2.50 bits per heavy atom. The van der Waals surface area contributed by atoms with E-state index in [2.05, 4.69) is 45.1 Å². The van der Waals surface area contributed by atoms with Crippen LogP contribution < -0.4 is 5.73 Å². The number of anilines is 1. The van der Waals surface area contributed by atoms with Crippen LogP contribution in [0.2, 0.25) is 0 Å². The first-order valence-electron chi connectivity index (χ1n) is 9.51. The molecule has 0 aromatic carbocycles. The fraction of sp³-hybridized carbons (Fsp3) is 0.588. The Morgan fingerprint density at radius 1 is 1.27 bits per heavy atom. The largest absolute Gasteiger partial charge is 0.510 e. The second-order valence-electron chi connectivity index (χ2n) is 6.29. The van der Waals surface area contributed by atoms with Gasteiger partial charge in [0.05, 0.1) is 12.9 Å². The minimum Gasteiger partial charge on any atom is -0.510 e. The van der Waals surface area contributed by atoms with Crippen LogP contribution in [0.3, 0.4) is 0 Å². The Bertz CT molecular complexity index is 896. The lowest BCUT2D eigenvalue weighted by atomic mass is 10.3. The number of imidazole rings is 1. The number of phosphoric ester groups is 1. The molecule has 0 amide bonds. The number of nitrogens with zero attached hydrogens (tertiary/aromatic N) is 5. The van der Waals surface area contributed by atoms with Gasteiger partial charge in [0.15, 0.2) is 17.8 Å². The van der Waals surface area contributed by atoms with E-state index in [1.165, 1.54) is 38.4 Å². The maximum atomic E-state index is 11.4. The molecule has 1 aliphatic heterocycles. The molecule has 1 unspecified atom stereocenters. The number of rotatable bonds is 8. The summed E-state index contributed by atoms with van der Waals surface area (Å²) in [6, 6.07) is 0. The van der Waals surface area contributed by atoms with Crippen LogP contribution in [-0.4, -0.2) is 73.6 Å². The van der Waals surface area contributed by atoms with Gasteiger partial charge in [-0.25, -0.2) is 19.5 Å². The number of fused-ring (bicyclic) bond motifs is 1. The Hall–Kier alpha value is -2.08. The van der Waals surface area contributed by atoms with Crippen molar-refractivity contribution >= 4 is 24.8 Å². The van der Waals surface area contributed by atoms with E-state index in [0.717, 1.165) is 7.11 Å². The molecule has 168 valence electrons. The van der Waals surface area contributed by atoms with Crippen LogP contribution in [0, 0.1) is 0 Å². The molecule has 0 bridgehead atoms. The highest BCUT2D eigenvalue weighted by Crippen LogP contribution is 2.45. The topological polar surface area (TPSA) is 158 Å². The summed E-state index contributed by atoms with van der Waals surface area (Å²) < 4.78 is 27.4. The molecule has 0 radical (unpaired) electrons. The van der Waals surface area contributed by atoms with Crippen molar-refractivity contribution in [1.82, 2.24) is 24.4 Å². The average Bonchev–Trinajstić information content (AvgIpc) is 3.28. The third-order valence-corrected chi connectivity index (χ3v) is 5.47. The predicted molar refractivity (Wildman–Crippen MR) is 110 cm³/mol. The van der Waals surface area contributed by atoms with E-state index in [1.807, 2.05) is 0 Å². The van der Waals surface area contributed by atoms with Crippen molar-refractivity contribution in [1.29, 1.82) is 0 Å². The van der Waals surface area contributed by atoms with Crippen LogP contribution in [0.15, 0.2) is 24.5 Å². The summed E-state index contributed by atoms with van der Waals surface area (Å²) in [5, 5.41) is 9.91. The number of aliphatic hydroxyl groups is 1. The highest BCUT2D eigenvalue weighted by Gasteiger charge is 2.34. The van der Waals surface area contributed by atoms with Gasteiger partial charge in [-0.2, -0.15) is 0 Å². The quantitative estimate of drug-likeness (QED) is 0.509. The van der Waals surface area contributed by atoms with Crippen molar-refractivity contribution in [2.24, 2.45) is 0 Å². The van der Waals surface area contributed by atoms with Gasteiger partial charge in [0, 0.05) is 13.2 Å². The normalized spacial score (nSPS) is 20.7. The number of aliphatic hydroxyl groups excluding tert-OH is 1. The van der Waals surface area contributed by atoms with Crippen LogP contribution >= 0.6 is 7.82 Å². The van der Waals surface area contributed by atoms with Gasteiger partial charge in [0.2, 0.25) is 0 Å². The third-order valence-electron chi connectivity index (χ3n) is 4.54. The van der Waals surface area contributed by atoms with Crippen molar-refractivity contribution in [3.63, 3.8) is 0 Å². The molecule has 0 spiro atoms. The third kappa shape index (κ3) is 6.21. The van der Waals surface area contributed by atoms with Crippen LogP contribution in [0.5, 0.6) is 0 Å². The number of aromatic nitrogens is 4. The molecule has 12 nitrogen and oxygen atoms in total. The van der Waals surface area contributed by atoms with Gasteiger partial charge >= 0.3 is 7.82 Å². The fourth-order valence-corrected chi connectivity index (χ4v) is 3.22. The van der Waals surface area contributed by atoms with Gasteiger partial charge in [-0.1, -0.05) is 20.8 Å². The molecule has 3 atom stereocenters. The fourth-order valence-electron chi connectivity index (χ4n) is 2.77. The summed E-state index contributed by atoms with van der Waals surface area (Å²) >= 11 is 0. The predicted octanol–water partition coefficient (Wildman–Crippen LogP) is 1.69.